The molecule has 8 nitrogen and oxygen atoms in total. The number of nitrogen functional groups attached to an aromatic ring is 1. The summed E-state index contributed by atoms with van der Waals surface area (Å²) in [7, 11) is 0. The number of carbonyl (C=O) groups is 2. The first-order valence-electron chi connectivity index (χ1n) is 8.96. The number of rotatable bonds is 6. The van der Waals surface area contributed by atoms with Gasteiger partial charge in [-0.2, -0.15) is 0 Å². The third kappa shape index (κ3) is 4.18. The van der Waals surface area contributed by atoms with Crippen molar-refractivity contribution < 1.29 is 9.59 Å². The van der Waals surface area contributed by atoms with Gasteiger partial charge in [0.05, 0.1) is 12.6 Å². The average molecular weight is 346 g/mol. The van der Waals surface area contributed by atoms with Gasteiger partial charge in [0.15, 0.2) is 0 Å². The second-order valence-electron chi connectivity index (χ2n) is 6.85. The lowest BCUT2D eigenvalue weighted by molar-refractivity contribution is -0.133. The maximum atomic E-state index is 12.4. The number of likely N-dealkylation sites (tertiary alicyclic amines) is 1. The first-order valence-corrected chi connectivity index (χ1v) is 8.96. The van der Waals surface area contributed by atoms with Crippen molar-refractivity contribution in [2.75, 3.05) is 36.8 Å². The molecule has 0 bridgehead atoms. The molecule has 0 unspecified atom stereocenters. The Balaban J connectivity index is 1.62. The highest BCUT2D eigenvalue weighted by molar-refractivity contribution is 5.86. The zero-order valence-corrected chi connectivity index (χ0v) is 14.6. The number of nitrogens with two attached hydrogens (primary N) is 1. The van der Waals surface area contributed by atoms with Gasteiger partial charge in [-0.05, 0) is 18.8 Å². The van der Waals surface area contributed by atoms with Crippen molar-refractivity contribution in [2.24, 2.45) is 5.92 Å². The number of anilines is 2. The molecule has 25 heavy (non-hydrogen) atoms. The van der Waals surface area contributed by atoms with Crippen molar-refractivity contribution in [1.29, 1.82) is 0 Å². The van der Waals surface area contributed by atoms with E-state index in [2.05, 4.69) is 27.1 Å². The molecule has 0 aromatic carbocycles. The van der Waals surface area contributed by atoms with Crippen LogP contribution < -0.4 is 16.0 Å². The molecule has 2 amide bonds. The van der Waals surface area contributed by atoms with Gasteiger partial charge < -0.3 is 20.9 Å². The van der Waals surface area contributed by atoms with Gasteiger partial charge in [-0.3, -0.25) is 9.59 Å². The van der Waals surface area contributed by atoms with Gasteiger partial charge in [-0.1, -0.05) is 13.3 Å². The summed E-state index contributed by atoms with van der Waals surface area (Å²) in [6.07, 6.45) is 4.95. The van der Waals surface area contributed by atoms with Gasteiger partial charge >= 0.3 is 0 Å². The first-order chi connectivity index (χ1) is 12.1. The average Bonchev–Trinajstić information content (AvgIpc) is 3.15. The van der Waals surface area contributed by atoms with E-state index in [4.69, 9.17) is 5.73 Å². The molecule has 3 N–H and O–H groups in total. The van der Waals surface area contributed by atoms with Crippen LogP contribution >= 0.6 is 0 Å². The minimum atomic E-state index is -0.0783. The van der Waals surface area contributed by atoms with E-state index in [0.717, 1.165) is 31.6 Å². The van der Waals surface area contributed by atoms with Crippen LogP contribution in [-0.4, -0.2) is 58.9 Å². The summed E-state index contributed by atoms with van der Waals surface area (Å²) in [5.41, 5.74) is 5.75. The van der Waals surface area contributed by atoms with E-state index in [1.165, 1.54) is 6.33 Å². The number of hydrogen-bond donors (Lipinski definition) is 2. The van der Waals surface area contributed by atoms with E-state index in [1.807, 2.05) is 0 Å². The molecule has 1 aromatic rings. The van der Waals surface area contributed by atoms with Crippen LogP contribution in [0.1, 0.15) is 32.6 Å². The Morgan fingerprint density at radius 1 is 1.40 bits per heavy atom. The number of aromatic nitrogens is 2. The number of hydrogen-bond acceptors (Lipinski definition) is 6. The Labute approximate surface area is 147 Å². The Kier molecular flexibility index (Phi) is 5.35. The van der Waals surface area contributed by atoms with Crippen molar-refractivity contribution in [1.82, 2.24) is 20.2 Å². The van der Waals surface area contributed by atoms with E-state index in [9.17, 15) is 9.59 Å². The molecule has 0 spiro atoms. The molecule has 1 aromatic heterocycles. The predicted octanol–water partition coefficient (Wildman–Crippen LogP) is 0.402. The lowest BCUT2D eigenvalue weighted by Gasteiger charge is -2.21. The molecule has 0 aliphatic carbocycles. The molecular weight excluding hydrogens is 320 g/mol. The first kappa shape index (κ1) is 17.4. The van der Waals surface area contributed by atoms with E-state index in [-0.39, 0.29) is 24.4 Å². The van der Waals surface area contributed by atoms with Crippen molar-refractivity contribution >= 4 is 23.5 Å². The van der Waals surface area contributed by atoms with Gasteiger partial charge in [0.25, 0.3) is 0 Å². The van der Waals surface area contributed by atoms with Crippen LogP contribution in [0.5, 0.6) is 0 Å². The molecule has 2 saturated heterocycles. The van der Waals surface area contributed by atoms with Crippen molar-refractivity contribution in [3.8, 4) is 0 Å². The van der Waals surface area contributed by atoms with Crippen LogP contribution in [0.25, 0.3) is 0 Å². The molecule has 0 saturated carbocycles. The Morgan fingerprint density at radius 2 is 2.24 bits per heavy atom. The highest BCUT2D eigenvalue weighted by Crippen LogP contribution is 2.26. The quantitative estimate of drug-likeness (QED) is 0.773. The fourth-order valence-electron chi connectivity index (χ4n) is 3.72. The second-order valence-corrected chi connectivity index (χ2v) is 6.85. The molecule has 2 aliphatic heterocycles. The van der Waals surface area contributed by atoms with Gasteiger partial charge in [-0.25, -0.2) is 9.97 Å². The van der Waals surface area contributed by atoms with Crippen molar-refractivity contribution in [2.45, 2.75) is 38.6 Å². The maximum Gasteiger partial charge on any atom is 0.239 e. The van der Waals surface area contributed by atoms with Gasteiger partial charge in [0.1, 0.15) is 18.0 Å². The molecular formula is C17H26N6O2. The molecule has 3 heterocycles. The molecule has 8 heteroatoms. The molecule has 2 fully saturated rings. The standard InChI is InChI=1S/C17H26N6O2/c1-2-4-12-8-23(15-7-14(18)19-11-20-15)9-13(12)21-16(24)10-22-6-3-5-17(22)25/h7,11-13H,2-6,8-10H2,1H3,(H,21,24)(H2,18,19,20)/t12-,13-/m0/s1. The second kappa shape index (κ2) is 7.67. The number of amides is 2. The lowest BCUT2D eigenvalue weighted by atomic mass is 9.98. The smallest absolute Gasteiger partial charge is 0.239 e. The highest BCUT2D eigenvalue weighted by atomic mass is 16.2. The summed E-state index contributed by atoms with van der Waals surface area (Å²) < 4.78 is 0. The number of nitrogens with one attached hydrogen (secondary N) is 1. The van der Waals surface area contributed by atoms with Crippen molar-refractivity contribution in [3.63, 3.8) is 0 Å². The van der Waals surface area contributed by atoms with Crippen LogP contribution in [0.15, 0.2) is 12.4 Å². The minimum Gasteiger partial charge on any atom is -0.384 e. The third-order valence-corrected chi connectivity index (χ3v) is 4.95. The van der Waals surface area contributed by atoms with Crippen LogP contribution in [-0.2, 0) is 9.59 Å². The molecule has 3 rings (SSSR count). The van der Waals surface area contributed by atoms with Crippen LogP contribution in [0.2, 0.25) is 0 Å². The van der Waals surface area contributed by atoms with Gasteiger partial charge in [0, 0.05) is 32.1 Å². The SMILES string of the molecule is CCC[C@H]1CN(c2cc(N)ncn2)C[C@@H]1NC(=O)CN1CCCC1=O. The number of carbonyl (C=O) groups excluding carboxylic acids is 2. The summed E-state index contributed by atoms with van der Waals surface area (Å²) in [5.74, 6) is 1.59. The third-order valence-electron chi connectivity index (χ3n) is 4.95. The van der Waals surface area contributed by atoms with E-state index in [0.29, 0.717) is 31.2 Å². The summed E-state index contributed by atoms with van der Waals surface area (Å²) >= 11 is 0. The Morgan fingerprint density at radius 3 is 2.92 bits per heavy atom. The fraction of sp³-hybridized carbons (Fsp3) is 0.647. The van der Waals surface area contributed by atoms with E-state index < -0.39 is 0 Å². The lowest BCUT2D eigenvalue weighted by Crippen LogP contribution is -2.45. The molecule has 2 atom stereocenters. The van der Waals surface area contributed by atoms with Crippen molar-refractivity contribution in [3.05, 3.63) is 12.4 Å². The van der Waals surface area contributed by atoms with E-state index >= 15 is 0 Å². The zero-order valence-electron chi connectivity index (χ0n) is 14.6. The zero-order chi connectivity index (χ0) is 17.8. The fourth-order valence-corrected chi connectivity index (χ4v) is 3.72. The molecule has 0 radical (unpaired) electrons. The maximum absolute atomic E-state index is 12.4. The number of nitrogens with zero attached hydrogens (tertiary/aromatic N) is 4. The van der Waals surface area contributed by atoms with Crippen LogP contribution in [0.3, 0.4) is 0 Å². The molecule has 136 valence electrons. The Hall–Kier alpha value is -2.38. The summed E-state index contributed by atoms with van der Waals surface area (Å²) in [4.78, 5) is 36.1. The van der Waals surface area contributed by atoms with Crippen LogP contribution in [0, 0.1) is 5.92 Å². The monoisotopic (exact) mass is 346 g/mol. The van der Waals surface area contributed by atoms with Crippen LogP contribution in [0.4, 0.5) is 11.6 Å². The molecule has 2 aliphatic rings. The summed E-state index contributed by atoms with van der Waals surface area (Å²) in [5, 5.41) is 3.13. The Bertz CT molecular complexity index is 637. The topological polar surface area (TPSA) is 104 Å². The van der Waals surface area contributed by atoms with E-state index in [1.54, 1.807) is 11.0 Å². The minimum absolute atomic E-state index is 0.0568. The largest absolute Gasteiger partial charge is 0.384 e. The normalized spacial score (nSPS) is 23.3. The van der Waals surface area contributed by atoms with Gasteiger partial charge in [-0.15, -0.1) is 0 Å². The summed E-state index contributed by atoms with van der Waals surface area (Å²) in [6.45, 7) is 4.52. The van der Waals surface area contributed by atoms with Gasteiger partial charge in [0.2, 0.25) is 11.8 Å². The summed E-state index contributed by atoms with van der Waals surface area (Å²) in [6, 6.07) is 1.82. The highest BCUT2D eigenvalue weighted by Gasteiger charge is 2.34. The predicted molar refractivity (Wildman–Crippen MR) is 94.8 cm³/mol.